The number of hydrogen-bond acceptors (Lipinski definition) is 2. The van der Waals surface area contributed by atoms with E-state index in [9.17, 15) is 9.90 Å². The average Bonchev–Trinajstić information content (AvgIpc) is 2.26. The zero-order chi connectivity index (χ0) is 13.5. The van der Waals surface area contributed by atoms with E-state index in [1.165, 1.54) is 0 Å². The Morgan fingerprint density at radius 2 is 1.67 bits per heavy atom. The van der Waals surface area contributed by atoms with Crippen molar-refractivity contribution in [2.24, 2.45) is 5.41 Å². The molecular formula is C16H22O2. The second kappa shape index (κ2) is 4.51. The monoisotopic (exact) mass is 246 g/mol. The Morgan fingerprint density at radius 3 is 2.00 bits per heavy atom. The third-order valence-electron chi connectivity index (χ3n) is 4.69. The molecule has 18 heavy (non-hydrogen) atoms. The highest BCUT2D eigenvalue weighted by Gasteiger charge is 2.44. The summed E-state index contributed by atoms with van der Waals surface area (Å²) in [6.07, 6.45) is 2.71. The van der Waals surface area contributed by atoms with Gasteiger partial charge in [-0.05, 0) is 62.8 Å². The minimum absolute atomic E-state index is 0.0162. The molecule has 0 bridgehead atoms. The van der Waals surface area contributed by atoms with Crippen LogP contribution < -0.4 is 0 Å². The van der Waals surface area contributed by atoms with Gasteiger partial charge in [0, 0.05) is 5.56 Å². The molecule has 98 valence electrons. The van der Waals surface area contributed by atoms with Crippen LogP contribution in [-0.2, 0) is 0 Å². The number of carbonyl (C=O) groups is 1. The Bertz CT molecular complexity index is 465. The third kappa shape index (κ3) is 1.79. The summed E-state index contributed by atoms with van der Waals surface area (Å²) in [6.45, 7) is 8.10. The molecule has 0 atom stereocenters. The van der Waals surface area contributed by atoms with E-state index in [0.717, 1.165) is 47.1 Å². The standard InChI is InChI=1S/C16H22O2/c1-10-8-11(2)13(4)14(12(10)3)15(18)16(9-17)6-5-7-16/h8,17H,5-7,9H2,1-4H3. The normalized spacial score (nSPS) is 17.4. The van der Waals surface area contributed by atoms with Gasteiger partial charge in [0.25, 0.3) is 0 Å². The summed E-state index contributed by atoms with van der Waals surface area (Å²) in [5.74, 6) is 0.151. The summed E-state index contributed by atoms with van der Waals surface area (Å²) in [5, 5.41) is 9.57. The van der Waals surface area contributed by atoms with E-state index in [1.807, 2.05) is 27.7 Å². The maximum Gasteiger partial charge on any atom is 0.171 e. The van der Waals surface area contributed by atoms with Crippen molar-refractivity contribution >= 4 is 5.78 Å². The van der Waals surface area contributed by atoms with Gasteiger partial charge >= 0.3 is 0 Å². The molecule has 0 amide bonds. The lowest BCUT2D eigenvalue weighted by atomic mass is 9.64. The van der Waals surface area contributed by atoms with Crippen LogP contribution in [0.3, 0.4) is 0 Å². The predicted molar refractivity (Wildman–Crippen MR) is 73.1 cm³/mol. The molecule has 1 aliphatic carbocycles. The van der Waals surface area contributed by atoms with Crippen LogP contribution in [0.25, 0.3) is 0 Å². The number of aliphatic hydroxyl groups excluding tert-OH is 1. The van der Waals surface area contributed by atoms with Gasteiger partial charge in [0.2, 0.25) is 0 Å². The van der Waals surface area contributed by atoms with Gasteiger partial charge in [-0.25, -0.2) is 0 Å². The molecule has 0 heterocycles. The van der Waals surface area contributed by atoms with Crippen molar-refractivity contribution in [3.05, 3.63) is 33.9 Å². The molecule has 2 rings (SSSR count). The first-order valence-corrected chi connectivity index (χ1v) is 6.66. The highest BCUT2D eigenvalue weighted by molar-refractivity contribution is 6.04. The number of carbonyl (C=O) groups excluding carboxylic acids is 1. The fourth-order valence-corrected chi connectivity index (χ4v) is 2.88. The number of Topliss-reactive ketones (excluding diaryl/α,β-unsaturated/α-hetero) is 1. The largest absolute Gasteiger partial charge is 0.395 e. The molecule has 1 N–H and O–H groups in total. The highest BCUT2D eigenvalue weighted by atomic mass is 16.3. The zero-order valence-electron chi connectivity index (χ0n) is 11.8. The highest BCUT2D eigenvalue weighted by Crippen LogP contribution is 2.44. The van der Waals surface area contributed by atoms with Gasteiger partial charge in [0.1, 0.15) is 0 Å². The van der Waals surface area contributed by atoms with Crippen molar-refractivity contribution in [2.45, 2.75) is 47.0 Å². The van der Waals surface area contributed by atoms with Gasteiger partial charge in [-0.2, -0.15) is 0 Å². The summed E-state index contributed by atoms with van der Waals surface area (Å²) in [7, 11) is 0. The molecule has 2 nitrogen and oxygen atoms in total. The summed E-state index contributed by atoms with van der Waals surface area (Å²) in [6, 6.07) is 2.13. The fraction of sp³-hybridized carbons (Fsp3) is 0.562. The van der Waals surface area contributed by atoms with E-state index in [-0.39, 0.29) is 12.4 Å². The number of hydrogen-bond donors (Lipinski definition) is 1. The Labute approximate surface area is 109 Å². The first-order chi connectivity index (χ1) is 8.43. The summed E-state index contributed by atoms with van der Waals surface area (Å²) >= 11 is 0. The van der Waals surface area contributed by atoms with Crippen LogP contribution in [0.1, 0.15) is 51.9 Å². The minimum atomic E-state index is -0.490. The van der Waals surface area contributed by atoms with Crippen LogP contribution in [0.5, 0.6) is 0 Å². The van der Waals surface area contributed by atoms with Crippen molar-refractivity contribution in [2.75, 3.05) is 6.61 Å². The molecule has 0 aromatic heterocycles. The summed E-state index contributed by atoms with van der Waals surface area (Å²) < 4.78 is 0. The van der Waals surface area contributed by atoms with Crippen molar-refractivity contribution in [1.82, 2.24) is 0 Å². The molecular weight excluding hydrogens is 224 g/mol. The van der Waals surface area contributed by atoms with Crippen molar-refractivity contribution in [1.29, 1.82) is 0 Å². The van der Waals surface area contributed by atoms with E-state index in [2.05, 4.69) is 6.07 Å². The second-order valence-corrected chi connectivity index (χ2v) is 5.76. The summed E-state index contributed by atoms with van der Waals surface area (Å²) in [5.41, 5.74) is 4.82. The van der Waals surface area contributed by atoms with E-state index in [0.29, 0.717) is 0 Å². The van der Waals surface area contributed by atoms with Gasteiger partial charge in [0.15, 0.2) is 5.78 Å². The maximum absolute atomic E-state index is 12.8. The lowest BCUT2D eigenvalue weighted by Crippen LogP contribution is -2.42. The Balaban J connectivity index is 2.54. The van der Waals surface area contributed by atoms with Gasteiger partial charge < -0.3 is 5.11 Å². The van der Waals surface area contributed by atoms with Gasteiger partial charge in [-0.15, -0.1) is 0 Å². The third-order valence-corrected chi connectivity index (χ3v) is 4.69. The number of aliphatic hydroxyl groups is 1. The molecule has 0 unspecified atom stereocenters. The van der Waals surface area contributed by atoms with Gasteiger partial charge in [-0.1, -0.05) is 12.5 Å². The Morgan fingerprint density at radius 1 is 1.17 bits per heavy atom. The number of benzene rings is 1. The van der Waals surface area contributed by atoms with Gasteiger partial charge in [-0.3, -0.25) is 4.79 Å². The van der Waals surface area contributed by atoms with Crippen molar-refractivity contribution in [3.8, 4) is 0 Å². The van der Waals surface area contributed by atoms with Crippen molar-refractivity contribution < 1.29 is 9.90 Å². The van der Waals surface area contributed by atoms with Crippen LogP contribution in [0.2, 0.25) is 0 Å². The minimum Gasteiger partial charge on any atom is -0.395 e. The van der Waals surface area contributed by atoms with E-state index < -0.39 is 5.41 Å². The topological polar surface area (TPSA) is 37.3 Å². The first-order valence-electron chi connectivity index (χ1n) is 6.66. The zero-order valence-corrected chi connectivity index (χ0v) is 11.8. The van der Waals surface area contributed by atoms with Crippen LogP contribution in [0.15, 0.2) is 6.07 Å². The van der Waals surface area contributed by atoms with Crippen LogP contribution in [-0.4, -0.2) is 17.5 Å². The predicted octanol–water partition coefficient (Wildman–Crippen LogP) is 3.27. The molecule has 2 heteroatoms. The SMILES string of the molecule is Cc1cc(C)c(C)c(C(=O)C2(CO)CCC2)c1C. The fourth-order valence-electron chi connectivity index (χ4n) is 2.88. The molecule has 0 spiro atoms. The number of aryl methyl sites for hydroxylation is 2. The Hall–Kier alpha value is -1.15. The van der Waals surface area contributed by atoms with Crippen molar-refractivity contribution in [3.63, 3.8) is 0 Å². The van der Waals surface area contributed by atoms with E-state index in [4.69, 9.17) is 0 Å². The smallest absolute Gasteiger partial charge is 0.171 e. The maximum atomic E-state index is 12.8. The van der Waals surface area contributed by atoms with Gasteiger partial charge in [0.05, 0.1) is 12.0 Å². The molecule has 1 aliphatic rings. The quantitative estimate of drug-likeness (QED) is 0.831. The van der Waals surface area contributed by atoms with Crippen LogP contribution in [0.4, 0.5) is 0 Å². The molecule has 1 fully saturated rings. The first kappa shape index (κ1) is 13.3. The molecule has 1 saturated carbocycles. The van der Waals surface area contributed by atoms with E-state index in [1.54, 1.807) is 0 Å². The lowest BCUT2D eigenvalue weighted by molar-refractivity contribution is 0.0346. The second-order valence-electron chi connectivity index (χ2n) is 5.76. The summed E-state index contributed by atoms with van der Waals surface area (Å²) in [4.78, 5) is 12.8. The average molecular weight is 246 g/mol. The number of rotatable bonds is 3. The Kier molecular flexibility index (Phi) is 3.33. The molecule has 0 radical (unpaired) electrons. The van der Waals surface area contributed by atoms with E-state index >= 15 is 0 Å². The number of ketones is 1. The lowest BCUT2D eigenvalue weighted by Gasteiger charge is -2.39. The van der Waals surface area contributed by atoms with Crippen LogP contribution >= 0.6 is 0 Å². The molecule has 1 aromatic rings. The van der Waals surface area contributed by atoms with Crippen LogP contribution in [0, 0.1) is 33.1 Å². The molecule has 1 aromatic carbocycles. The molecule has 0 aliphatic heterocycles. The molecule has 0 saturated heterocycles.